The monoisotopic (exact) mass is 625 g/mol. The van der Waals surface area contributed by atoms with E-state index in [4.69, 9.17) is 0 Å². The minimum absolute atomic E-state index is 0.00274. The summed E-state index contributed by atoms with van der Waals surface area (Å²) in [4.78, 5) is 55.7. The number of amides is 4. The highest BCUT2D eigenvalue weighted by Gasteiger charge is 2.26. The molecule has 0 aliphatic carbocycles. The Hall–Kier alpha value is -5.16. The van der Waals surface area contributed by atoms with Crippen molar-refractivity contribution in [3.05, 3.63) is 111 Å². The van der Waals surface area contributed by atoms with Crippen LogP contribution in [0.3, 0.4) is 0 Å². The molecule has 1 aromatic heterocycles. The van der Waals surface area contributed by atoms with Crippen molar-refractivity contribution in [3.8, 4) is 0 Å². The van der Waals surface area contributed by atoms with Gasteiger partial charge in [0.1, 0.15) is 0 Å². The van der Waals surface area contributed by atoms with Crippen LogP contribution in [0.2, 0.25) is 0 Å². The highest BCUT2D eigenvalue weighted by molar-refractivity contribution is 7.12. The van der Waals surface area contributed by atoms with E-state index in [1.165, 1.54) is 11.3 Å². The molecule has 11 heteroatoms. The van der Waals surface area contributed by atoms with E-state index in [1.807, 2.05) is 66.6 Å². The zero-order chi connectivity index (χ0) is 31.9. The van der Waals surface area contributed by atoms with Gasteiger partial charge in [0.2, 0.25) is 0 Å². The van der Waals surface area contributed by atoms with Crippen LogP contribution >= 0.6 is 11.3 Å². The largest absolute Gasteiger partial charge is 0.481 e. The summed E-state index contributed by atoms with van der Waals surface area (Å²) in [5, 5.41) is 20.0. The van der Waals surface area contributed by atoms with Gasteiger partial charge in [-0.15, -0.1) is 11.3 Å². The second kappa shape index (κ2) is 14.1. The maximum absolute atomic E-state index is 13.5. The van der Waals surface area contributed by atoms with E-state index in [1.54, 1.807) is 36.4 Å². The number of anilines is 3. The summed E-state index contributed by atoms with van der Waals surface area (Å²) in [6, 6.07) is 22.2. The van der Waals surface area contributed by atoms with Crippen molar-refractivity contribution in [2.24, 2.45) is 0 Å². The number of thiophene rings is 1. The fraction of sp³-hybridized carbons (Fsp3) is 0.235. The predicted octanol–water partition coefficient (Wildman–Crippen LogP) is 5.92. The molecule has 1 fully saturated rings. The summed E-state index contributed by atoms with van der Waals surface area (Å²) in [6.07, 6.45) is -0.286. The predicted molar refractivity (Wildman–Crippen MR) is 176 cm³/mol. The van der Waals surface area contributed by atoms with Gasteiger partial charge in [-0.25, -0.2) is 4.79 Å². The number of benzene rings is 3. The number of carboxylic acid groups (broad SMARTS) is 1. The van der Waals surface area contributed by atoms with E-state index < -0.39 is 23.9 Å². The molecule has 232 valence electrons. The van der Waals surface area contributed by atoms with E-state index in [0.717, 1.165) is 11.1 Å². The van der Waals surface area contributed by atoms with Gasteiger partial charge in [-0.3, -0.25) is 14.4 Å². The molecule has 0 spiro atoms. The quantitative estimate of drug-likeness (QED) is 0.183. The summed E-state index contributed by atoms with van der Waals surface area (Å²) >= 11 is 1.41. The number of nitrogens with one attached hydrogen (secondary N) is 3. The van der Waals surface area contributed by atoms with Crippen LogP contribution in [0, 0.1) is 13.8 Å². The summed E-state index contributed by atoms with van der Waals surface area (Å²) in [6.45, 7) is 5.93. The van der Waals surface area contributed by atoms with Gasteiger partial charge in [0, 0.05) is 37.4 Å². The lowest BCUT2D eigenvalue weighted by molar-refractivity contribution is -0.137. The molecule has 4 amide bonds. The first kappa shape index (κ1) is 31.3. The molecule has 4 aromatic rings. The molecule has 1 atom stereocenters. The van der Waals surface area contributed by atoms with E-state index >= 15 is 0 Å². The number of aliphatic carboxylic acids is 1. The Morgan fingerprint density at radius 2 is 1.60 bits per heavy atom. The maximum atomic E-state index is 13.5. The topological polar surface area (TPSA) is 131 Å². The smallest absolute Gasteiger partial charge is 0.323 e. The summed E-state index contributed by atoms with van der Waals surface area (Å²) in [5.74, 6) is -1.51. The van der Waals surface area contributed by atoms with Crippen LogP contribution in [0.1, 0.15) is 49.2 Å². The first-order chi connectivity index (χ1) is 21.7. The number of aryl methyl sites for hydroxylation is 2. The zero-order valence-corrected chi connectivity index (χ0v) is 25.9. The van der Waals surface area contributed by atoms with Gasteiger partial charge in [-0.2, -0.15) is 0 Å². The van der Waals surface area contributed by atoms with E-state index in [-0.39, 0.29) is 17.9 Å². The highest BCUT2D eigenvalue weighted by atomic mass is 32.1. The Bertz CT molecular complexity index is 1680. The summed E-state index contributed by atoms with van der Waals surface area (Å²) in [7, 11) is 0. The van der Waals surface area contributed by atoms with Gasteiger partial charge in [0.05, 0.1) is 28.7 Å². The zero-order valence-electron chi connectivity index (χ0n) is 25.1. The van der Waals surface area contributed by atoms with Gasteiger partial charge < -0.3 is 30.9 Å². The van der Waals surface area contributed by atoms with Crippen molar-refractivity contribution in [3.63, 3.8) is 0 Å². The molecule has 0 radical (unpaired) electrons. The van der Waals surface area contributed by atoms with Gasteiger partial charge in [0.15, 0.2) is 0 Å². The first-order valence-electron chi connectivity index (χ1n) is 14.6. The molecule has 0 saturated carbocycles. The fourth-order valence-electron chi connectivity index (χ4n) is 5.23. The third kappa shape index (κ3) is 8.07. The second-order valence-corrected chi connectivity index (χ2v) is 11.9. The lowest BCUT2D eigenvalue weighted by Crippen LogP contribution is -2.48. The van der Waals surface area contributed by atoms with Crippen LogP contribution < -0.4 is 20.9 Å². The number of hydrogen-bond acceptors (Lipinski definition) is 6. The molecular formula is C34H35N5O5S. The molecule has 1 aliphatic heterocycles. The van der Waals surface area contributed by atoms with Crippen LogP contribution in [0.15, 0.2) is 84.2 Å². The Morgan fingerprint density at radius 3 is 2.27 bits per heavy atom. The second-order valence-electron chi connectivity index (χ2n) is 11.0. The van der Waals surface area contributed by atoms with Gasteiger partial charge in [0.25, 0.3) is 11.8 Å². The third-order valence-electron chi connectivity index (χ3n) is 7.59. The molecule has 10 nitrogen and oxygen atoms in total. The number of hydrogen-bond donors (Lipinski definition) is 4. The maximum Gasteiger partial charge on any atom is 0.323 e. The van der Waals surface area contributed by atoms with Crippen LogP contribution in [0.4, 0.5) is 21.9 Å². The van der Waals surface area contributed by atoms with Gasteiger partial charge >= 0.3 is 12.0 Å². The molecule has 4 N–H and O–H groups in total. The van der Waals surface area contributed by atoms with Crippen molar-refractivity contribution in [2.75, 3.05) is 41.7 Å². The van der Waals surface area contributed by atoms with Crippen LogP contribution in [-0.2, 0) is 4.79 Å². The Kier molecular flexibility index (Phi) is 9.79. The van der Waals surface area contributed by atoms with Crippen molar-refractivity contribution >= 4 is 52.2 Å². The normalized spacial score (nSPS) is 13.6. The van der Waals surface area contributed by atoms with E-state index in [9.17, 15) is 24.3 Å². The van der Waals surface area contributed by atoms with E-state index in [0.29, 0.717) is 53.7 Å². The average Bonchev–Trinajstić information content (AvgIpc) is 3.56. The minimum Gasteiger partial charge on any atom is -0.481 e. The number of carbonyl (C=O) groups excluding carboxylic acids is 3. The number of piperazine rings is 1. The number of urea groups is 1. The molecule has 1 unspecified atom stereocenters. The average molecular weight is 626 g/mol. The Labute approximate surface area is 265 Å². The number of carbonyl (C=O) groups is 4. The summed E-state index contributed by atoms with van der Waals surface area (Å²) < 4.78 is 0. The molecule has 0 bridgehead atoms. The van der Waals surface area contributed by atoms with Gasteiger partial charge in [-0.1, -0.05) is 48.0 Å². The molecule has 3 aromatic carbocycles. The molecule has 1 aliphatic rings. The SMILES string of the molecule is Cc1ccc(C(CC(=O)O)NC(=O)c2ccc(N3CCN(C(=O)c4cccs4)CC3)c(NC(=O)Nc3cccc(C)c3)c2)cc1. The molecule has 2 heterocycles. The Morgan fingerprint density at radius 1 is 0.844 bits per heavy atom. The standard InChI is InChI=1S/C34H35N5O5S/c1-22-8-10-24(11-9-22)27(21-31(40)41)36-32(42)25-12-13-29(28(20-25)37-34(44)35-26-6-3-5-23(2)19-26)38-14-16-39(17-15-38)33(43)30-7-4-18-45-30/h3-13,18-20,27H,14-17,21H2,1-2H3,(H,36,42)(H,40,41)(H2,35,37,44). The first-order valence-corrected chi connectivity index (χ1v) is 15.5. The van der Waals surface area contributed by atoms with Crippen molar-refractivity contribution in [2.45, 2.75) is 26.3 Å². The summed E-state index contributed by atoms with van der Waals surface area (Å²) in [5.41, 5.74) is 4.69. The lowest BCUT2D eigenvalue weighted by Gasteiger charge is -2.37. The van der Waals surface area contributed by atoms with Crippen LogP contribution in [-0.4, -0.2) is 60.0 Å². The lowest BCUT2D eigenvalue weighted by atomic mass is 10.0. The third-order valence-corrected chi connectivity index (χ3v) is 8.44. The van der Waals surface area contributed by atoms with Crippen LogP contribution in [0.25, 0.3) is 0 Å². The van der Waals surface area contributed by atoms with E-state index in [2.05, 4.69) is 20.9 Å². The van der Waals surface area contributed by atoms with Crippen molar-refractivity contribution in [1.29, 1.82) is 0 Å². The molecular weight excluding hydrogens is 590 g/mol. The Balaban J connectivity index is 1.37. The number of carboxylic acids is 1. The van der Waals surface area contributed by atoms with Crippen molar-refractivity contribution in [1.82, 2.24) is 10.2 Å². The van der Waals surface area contributed by atoms with Crippen LogP contribution in [0.5, 0.6) is 0 Å². The molecule has 5 rings (SSSR count). The number of nitrogens with zero attached hydrogens (tertiary/aromatic N) is 2. The molecule has 45 heavy (non-hydrogen) atoms. The van der Waals surface area contributed by atoms with Gasteiger partial charge in [-0.05, 0) is 66.8 Å². The van der Waals surface area contributed by atoms with Crippen molar-refractivity contribution < 1.29 is 24.3 Å². The highest BCUT2D eigenvalue weighted by Crippen LogP contribution is 2.30. The minimum atomic E-state index is -1.04. The number of rotatable bonds is 9. The molecule has 1 saturated heterocycles. The fourth-order valence-corrected chi connectivity index (χ4v) is 5.93.